The van der Waals surface area contributed by atoms with Gasteiger partial charge in [0.15, 0.2) is 6.61 Å². The van der Waals surface area contributed by atoms with E-state index >= 15 is 0 Å². The van der Waals surface area contributed by atoms with Gasteiger partial charge in [0.05, 0.1) is 28.4 Å². The summed E-state index contributed by atoms with van der Waals surface area (Å²) in [5, 5.41) is 4.56. The highest BCUT2D eigenvalue weighted by Gasteiger charge is 2.07. The molecule has 0 saturated heterocycles. The third kappa shape index (κ3) is 5.75. The quantitative estimate of drug-likeness (QED) is 0.441. The minimum Gasteiger partial charge on any atom is -0.484 e. The number of halogens is 2. The van der Waals surface area contributed by atoms with Crippen LogP contribution >= 0.6 is 23.2 Å². The second-order valence-corrected chi connectivity index (χ2v) is 5.75. The predicted molar refractivity (Wildman–Crippen MR) is 100 cm³/mol. The predicted octanol–water partition coefficient (Wildman–Crippen LogP) is 3.70. The van der Waals surface area contributed by atoms with E-state index in [4.69, 9.17) is 32.7 Å². The standard InChI is InChI=1S/C18H16Cl2N2O4/c1-2-25-18(24)12-6-8-14(9-7-12)26-11-16(23)22-21-10-13-4-3-5-15(19)17(13)20/h3-10H,2,11H2,1H3,(H,22,23)/b21-10+. The van der Waals surface area contributed by atoms with Gasteiger partial charge in [0, 0.05) is 5.56 Å². The number of hydrogen-bond acceptors (Lipinski definition) is 5. The van der Waals surface area contributed by atoms with E-state index in [1.165, 1.54) is 6.21 Å². The molecule has 0 heterocycles. The van der Waals surface area contributed by atoms with Crippen molar-refractivity contribution in [2.24, 2.45) is 5.10 Å². The van der Waals surface area contributed by atoms with Crippen molar-refractivity contribution in [3.8, 4) is 5.75 Å². The van der Waals surface area contributed by atoms with Gasteiger partial charge in [-0.05, 0) is 37.3 Å². The van der Waals surface area contributed by atoms with E-state index in [1.54, 1.807) is 49.4 Å². The first-order valence-corrected chi connectivity index (χ1v) is 8.42. The molecule has 6 nitrogen and oxygen atoms in total. The van der Waals surface area contributed by atoms with E-state index in [0.29, 0.717) is 33.5 Å². The Balaban J connectivity index is 1.82. The van der Waals surface area contributed by atoms with E-state index in [-0.39, 0.29) is 6.61 Å². The molecule has 0 fully saturated rings. The molecule has 0 bridgehead atoms. The van der Waals surface area contributed by atoms with Crippen LogP contribution in [0.5, 0.6) is 5.75 Å². The molecule has 0 saturated carbocycles. The molecule has 0 spiro atoms. The molecule has 0 aliphatic heterocycles. The second kappa shape index (κ2) is 9.79. The maximum Gasteiger partial charge on any atom is 0.338 e. The van der Waals surface area contributed by atoms with E-state index in [0.717, 1.165) is 0 Å². The van der Waals surface area contributed by atoms with Crippen LogP contribution in [0.2, 0.25) is 10.0 Å². The fraction of sp³-hybridized carbons (Fsp3) is 0.167. The topological polar surface area (TPSA) is 77.0 Å². The number of hydrazone groups is 1. The number of esters is 1. The molecule has 2 rings (SSSR count). The molecule has 2 aromatic rings. The molecule has 26 heavy (non-hydrogen) atoms. The summed E-state index contributed by atoms with van der Waals surface area (Å²) in [6, 6.07) is 11.4. The zero-order valence-electron chi connectivity index (χ0n) is 13.9. The highest BCUT2D eigenvalue weighted by atomic mass is 35.5. The summed E-state index contributed by atoms with van der Waals surface area (Å²) in [6.45, 7) is 1.80. The number of carbonyl (C=O) groups is 2. The lowest BCUT2D eigenvalue weighted by Gasteiger charge is -2.06. The minimum atomic E-state index is -0.450. The lowest BCUT2D eigenvalue weighted by molar-refractivity contribution is -0.123. The number of nitrogens with one attached hydrogen (secondary N) is 1. The smallest absolute Gasteiger partial charge is 0.338 e. The third-order valence-corrected chi connectivity index (χ3v) is 3.94. The second-order valence-electron chi connectivity index (χ2n) is 4.97. The van der Waals surface area contributed by atoms with Crippen molar-refractivity contribution in [3.05, 3.63) is 63.6 Å². The van der Waals surface area contributed by atoms with Crippen molar-refractivity contribution >= 4 is 41.3 Å². The van der Waals surface area contributed by atoms with Crippen molar-refractivity contribution in [1.82, 2.24) is 5.43 Å². The number of hydrogen-bond donors (Lipinski definition) is 1. The zero-order valence-corrected chi connectivity index (χ0v) is 15.4. The largest absolute Gasteiger partial charge is 0.484 e. The molecule has 0 radical (unpaired) electrons. The monoisotopic (exact) mass is 394 g/mol. The fourth-order valence-electron chi connectivity index (χ4n) is 1.88. The minimum absolute atomic E-state index is 0.237. The first kappa shape index (κ1) is 19.8. The van der Waals surface area contributed by atoms with Gasteiger partial charge >= 0.3 is 5.97 Å². The maximum atomic E-state index is 11.7. The Labute approximate surface area is 160 Å². The van der Waals surface area contributed by atoms with Gasteiger partial charge in [-0.15, -0.1) is 0 Å². The zero-order chi connectivity index (χ0) is 18.9. The Bertz CT molecular complexity index is 807. The van der Waals surface area contributed by atoms with Crippen molar-refractivity contribution in [2.75, 3.05) is 13.2 Å². The first-order valence-electron chi connectivity index (χ1n) is 7.67. The number of ether oxygens (including phenoxy) is 2. The average molecular weight is 395 g/mol. The van der Waals surface area contributed by atoms with Crippen LogP contribution < -0.4 is 10.2 Å². The first-order chi connectivity index (χ1) is 12.5. The lowest BCUT2D eigenvalue weighted by Crippen LogP contribution is -2.24. The van der Waals surface area contributed by atoms with Crippen LogP contribution in [0.25, 0.3) is 0 Å². The van der Waals surface area contributed by atoms with Gasteiger partial charge in [-0.1, -0.05) is 35.3 Å². The molecule has 2 aromatic carbocycles. The average Bonchev–Trinajstić information content (AvgIpc) is 2.64. The molecule has 8 heteroatoms. The van der Waals surface area contributed by atoms with Gasteiger partial charge in [-0.3, -0.25) is 4.79 Å². The van der Waals surface area contributed by atoms with Gasteiger partial charge < -0.3 is 9.47 Å². The summed E-state index contributed by atoms with van der Waals surface area (Å²) in [5.74, 6) is -0.422. The molecule has 0 aliphatic carbocycles. The van der Waals surface area contributed by atoms with Gasteiger partial charge in [-0.2, -0.15) is 5.10 Å². The van der Waals surface area contributed by atoms with Crippen molar-refractivity contribution in [1.29, 1.82) is 0 Å². The number of amides is 1. The van der Waals surface area contributed by atoms with Gasteiger partial charge in [-0.25, -0.2) is 10.2 Å². The highest BCUT2D eigenvalue weighted by Crippen LogP contribution is 2.24. The van der Waals surface area contributed by atoms with Crippen LogP contribution in [0.15, 0.2) is 47.6 Å². The van der Waals surface area contributed by atoms with Gasteiger partial charge in [0.2, 0.25) is 0 Å². The normalized spacial score (nSPS) is 10.6. The Morgan fingerprint density at radius 1 is 1.15 bits per heavy atom. The number of nitrogens with zero attached hydrogens (tertiary/aromatic N) is 1. The maximum absolute atomic E-state index is 11.7. The van der Waals surface area contributed by atoms with Crippen LogP contribution in [0.1, 0.15) is 22.8 Å². The molecule has 0 aromatic heterocycles. The van der Waals surface area contributed by atoms with Crippen molar-refractivity contribution < 1.29 is 19.1 Å². The highest BCUT2D eigenvalue weighted by molar-refractivity contribution is 6.43. The Morgan fingerprint density at radius 3 is 2.58 bits per heavy atom. The Kier molecular flexibility index (Phi) is 7.44. The van der Waals surface area contributed by atoms with E-state index in [2.05, 4.69) is 10.5 Å². The number of benzene rings is 2. The summed E-state index contributed by atoms with van der Waals surface area (Å²) in [7, 11) is 0. The van der Waals surface area contributed by atoms with Crippen LogP contribution in [0, 0.1) is 0 Å². The molecule has 1 amide bonds. The SMILES string of the molecule is CCOC(=O)c1ccc(OCC(=O)N/N=C/c2cccc(Cl)c2Cl)cc1. The van der Waals surface area contributed by atoms with E-state index in [9.17, 15) is 9.59 Å². The molecule has 0 atom stereocenters. The van der Waals surface area contributed by atoms with E-state index < -0.39 is 11.9 Å². The summed E-state index contributed by atoms with van der Waals surface area (Å²) in [4.78, 5) is 23.3. The summed E-state index contributed by atoms with van der Waals surface area (Å²) < 4.78 is 10.2. The Morgan fingerprint density at radius 2 is 1.88 bits per heavy atom. The van der Waals surface area contributed by atoms with E-state index in [1.807, 2.05) is 0 Å². The summed E-state index contributed by atoms with van der Waals surface area (Å²) in [5.41, 5.74) is 3.31. The van der Waals surface area contributed by atoms with Gasteiger partial charge in [0.1, 0.15) is 5.75 Å². The van der Waals surface area contributed by atoms with Crippen LogP contribution in [-0.4, -0.2) is 31.3 Å². The fourth-order valence-corrected chi connectivity index (χ4v) is 2.23. The van der Waals surface area contributed by atoms with Crippen LogP contribution in [0.4, 0.5) is 0 Å². The van der Waals surface area contributed by atoms with Crippen LogP contribution in [0.3, 0.4) is 0 Å². The number of rotatable bonds is 7. The molecule has 136 valence electrons. The summed E-state index contributed by atoms with van der Waals surface area (Å²) in [6.07, 6.45) is 1.39. The Hall–Kier alpha value is -2.57. The molecular formula is C18H16Cl2N2O4. The molecule has 0 aliphatic rings. The molecule has 1 N–H and O–H groups in total. The summed E-state index contributed by atoms with van der Waals surface area (Å²) >= 11 is 11.9. The third-order valence-electron chi connectivity index (χ3n) is 3.11. The van der Waals surface area contributed by atoms with Crippen molar-refractivity contribution in [2.45, 2.75) is 6.92 Å². The lowest BCUT2D eigenvalue weighted by atomic mass is 10.2. The van der Waals surface area contributed by atoms with Crippen LogP contribution in [-0.2, 0) is 9.53 Å². The molecule has 0 unspecified atom stereocenters. The van der Waals surface area contributed by atoms with Crippen molar-refractivity contribution in [3.63, 3.8) is 0 Å². The van der Waals surface area contributed by atoms with Gasteiger partial charge in [0.25, 0.3) is 5.91 Å². The molecular weight excluding hydrogens is 379 g/mol. The number of carbonyl (C=O) groups excluding carboxylic acids is 2.